The average Bonchev–Trinajstić information content (AvgIpc) is 2.84. The largest absolute Gasteiger partial charge is 0.340 e. The maximum atomic E-state index is 12.2. The van der Waals surface area contributed by atoms with Gasteiger partial charge in [-0.1, -0.05) is 6.42 Å². The van der Waals surface area contributed by atoms with Crippen LogP contribution in [0.5, 0.6) is 0 Å². The van der Waals surface area contributed by atoms with Crippen molar-refractivity contribution >= 4 is 17.2 Å². The van der Waals surface area contributed by atoms with E-state index >= 15 is 0 Å². The predicted octanol–water partition coefficient (Wildman–Crippen LogP) is 2.58. The van der Waals surface area contributed by atoms with Crippen molar-refractivity contribution in [2.75, 3.05) is 20.1 Å². The Balaban J connectivity index is 1.83. The monoisotopic (exact) mass is 266 g/mol. The molecular formula is C14H22N2OS. The van der Waals surface area contributed by atoms with Gasteiger partial charge < -0.3 is 4.90 Å². The lowest BCUT2D eigenvalue weighted by atomic mass is 10.0. The number of carbonyl (C=O) groups excluding carboxylic acids is 1. The summed E-state index contributed by atoms with van der Waals surface area (Å²) in [5.41, 5.74) is 1.22. The van der Waals surface area contributed by atoms with Crippen molar-refractivity contribution in [3.05, 3.63) is 22.4 Å². The smallest absolute Gasteiger partial charge is 0.236 e. The zero-order valence-corrected chi connectivity index (χ0v) is 12.1. The highest BCUT2D eigenvalue weighted by Gasteiger charge is 2.21. The molecule has 1 aliphatic heterocycles. The van der Waals surface area contributed by atoms with Crippen LogP contribution in [0.15, 0.2) is 16.8 Å². The fourth-order valence-electron chi connectivity index (χ4n) is 2.43. The second-order valence-electron chi connectivity index (χ2n) is 5.20. The molecule has 0 aromatic carbocycles. The summed E-state index contributed by atoms with van der Waals surface area (Å²) < 4.78 is 0. The maximum absolute atomic E-state index is 12.2. The van der Waals surface area contributed by atoms with Crippen LogP contribution in [0.25, 0.3) is 0 Å². The highest BCUT2D eigenvalue weighted by atomic mass is 32.1. The second kappa shape index (κ2) is 6.34. The molecule has 0 bridgehead atoms. The molecule has 0 aliphatic carbocycles. The van der Waals surface area contributed by atoms with Crippen LogP contribution in [-0.2, 0) is 11.3 Å². The fourth-order valence-corrected chi connectivity index (χ4v) is 3.09. The predicted molar refractivity (Wildman–Crippen MR) is 75.7 cm³/mol. The molecule has 0 unspecified atom stereocenters. The standard InChI is InChI=1S/C14H22N2OS/c1-12-5-3-4-7-16(12)10-14(17)15(2)9-13-6-8-18-11-13/h6,8,11-12H,3-5,7,9-10H2,1-2H3/t12-/m0/s1. The van der Waals surface area contributed by atoms with Crippen molar-refractivity contribution in [2.24, 2.45) is 0 Å². The average molecular weight is 266 g/mol. The van der Waals surface area contributed by atoms with Crippen LogP contribution in [-0.4, -0.2) is 41.9 Å². The number of hydrogen-bond donors (Lipinski definition) is 0. The highest BCUT2D eigenvalue weighted by Crippen LogP contribution is 2.16. The summed E-state index contributed by atoms with van der Waals surface area (Å²) in [5, 5.41) is 4.16. The molecule has 1 atom stereocenters. The molecular weight excluding hydrogens is 244 g/mol. The first kappa shape index (κ1) is 13.6. The van der Waals surface area contributed by atoms with E-state index in [1.165, 1.54) is 24.8 Å². The quantitative estimate of drug-likeness (QED) is 0.836. The number of piperidine rings is 1. The maximum Gasteiger partial charge on any atom is 0.236 e. The number of hydrogen-bond acceptors (Lipinski definition) is 3. The second-order valence-corrected chi connectivity index (χ2v) is 5.98. The van der Waals surface area contributed by atoms with Gasteiger partial charge in [0.05, 0.1) is 6.54 Å². The van der Waals surface area contributed by atoms with Crippen molar-refractivity contribution in [1.82, 2.24) is 9.80 Å². The Morgan fingerprint density at radius 3 is 3.06 bits per heavy atom. The van der Waals surface area contributed by atoms with Gasteiger partial charge >= 0.3 is 0 Å². The van der Waals surface area contributed by atoms with E-state index in [9.17, 15) is 4.79 Å². The van der Waals surface area contributed by atoms with Crippen LogP contribution >= 0.6 is 11.3 Å². The van der Waals surface area contributed by atoms with E-state index in [-0.39, 0.29) is 5.91 Å². The third kappa shape index (κ3) is 3.56. The molecule has 1 aromatic rings. The van der Waals surface area contributed by atoms with Gasteiger partial charge in [-0.15, -0.1) is 0 Å². The Hall–Kier alpha value is -0.870. The zero-order chi connectivity index (χ0) is 13.0. The third-order valence-corrected chi connectivity index (χ3v) is 4.44. The number of amides is 1. The minimum Gasteiger partial charge on any atom is -0.340 e. The van der Waals surface area contributed by atoms with Gasteiger partial charge in [-0.25, -0.2) is 0 Å². The summed E-state index contributed by atoms with van der Waals surface area (Å²) in [6.45, 7) is 4.59. The molecule has 1 amide bonds. The Morgan fingerprint density at radius 2 is 2.39 bits per heavy atom. The molecule has 0 N–H and O–H groups in total. The van der Waals surface area contributed by atoms with Crippen LogP contribution in [0.3, 0.4) is 0 Å². The van der Waals surface area contributed by atoms with Gasteiger partial charge in [-0.05, 0) is 48.7 Å². The van der Waals surface area contributed by atoms with Crippen LogP contribution in [0.1, 0.15) is 31.7 Å². The van der Waals surface area contributed by atoms with Crippen LogP contribution < -0.4 is 0 Å². The summed E-state index contributed by atoms with van der Waals surface area (Å²) >= 11 is 1.68. The van der Waals surface area contributed by atoms with E-state index in [1.807, 2.05) is 11.9 Å². The highest BCUT2D eigenvalue weighted by molar-refractivity contribution is 7.07. The minimum atomic E-state index is 0.231. The van der Waals surface area contributed by atoms with Gasteiger partial charge in [0.15, 0.2) is 0 Å². The molecule has 0 spiro atoms. The Morgan fingerprint density at radius 1 is 1.56 bits per heavy atom. The Kier molecular flexibility index (Phi) is 4.78. The van der Waals surface area contributed by atoms with Crippen molar-refractivity contribution in [2.45, 2.75) is 38.8 Å². The number of thiophene rings is 1. The number of likely N-dealkylation sites (tertiary alicyclic amines) is 1. The first-order valence-electron chi connectivity index (χ1n) is 6.66. The van der Waals surface area contributed by atoms with Crippen LogP contribution in [0.4, 0.5) is 0 Å². The topological polar surface area (TPSA) is 23.6 Å². The van der Waals surface area contributed by atoms with Crippen molar-refractivity contribution in [1.29, 1.82) is 0 Å². The summed E-state index contributed by atoms with van der Waals surface area (Å²) in [4.78, 5) is 16.3. The summed E-state index contributed by atoms with van der Waals surface area (Å²) in [6.07, 6.45) is 3.75. The molecule has 0 radical (unpaired) electrons. The lowest BCUT2D eigenvalue weighted by molar-refractivity contribution is -0.132. The van der Waals surface area contributed by atoms with Gasteiger partial charge in [0.25, 0.3) is 0 Å². The molecule has 1 fully saturated rings. The molecule has 2 rings (SSSR count). The van der Waals surface area contributed by atoms with Gasteiger partial charge in [-0.3, -0.25) is 9.69 Å². The van der Waals surface area contributed by atoms with E-state index in [0.29, 0.717) is 12.6 Å². The molecule has 100 valence electrons. The van der Waals surface area contributed by atoms with E-state index in [4.69, 9.17) is 0 Å². The number of likely N-dealkylation sites (N-methyl/N-ethyl adjacent to an activating group) is 1. The molecule has 3 nitrogen and oxygen atoms in total. The van der Waals surface area contributed by atoms with Gasteiger partial charge in [0.2, 0.25) is 5.91 Å². The molecule has 0 saturated carbocycles. The first-order chi connectivity index (χ1) is 8.66. The van der Waals surface area contributed by atoms with Crippen LogP contribution in [0, 0.1) is 0 Å². The number of nitrogens with zero attached hydrogens (tertiary/aromatic N) is 2. The lowest BCUT2D eigenvalue weighted by Gasteiger charge is -2.33. The summed E-state index contributed by atoms with van der Waals surface area (Å²) in [7, 11) is 1.90. The summed E-state index contributed by atoms with van der Waals surface area (Å²) in [6, 6.07) is 2.63. The van der Waals surface area contributed by atoms with Crippen molar-refractivity contribution in [3.63, 3.8) is 0 Å². The fraction of sp³-hybridized carbons (Fsp3) is 0.643. The SMILES string of the molecule is C[C@H]1CCCCN1CC(=O)N(C)Cc1ccsc1. The van der Waals surface area contributed by atoms with E-state index in [2.05, 4.69) is 28.7 Å². The number of carbonyl (C=O) groups is 1. The van der Waals surface area contributed by atoms with Gasteiger partial charge in [0.1, 0.15) is 0 Å². The molecule has 1 aromatic heterocycles. The number of rotatable bonds is 4. The zero-order valence-electron chi connectivity index (χ0n) is 11.3. The Bertz CT molecular complexity index is 377. The first-order valence-corrected chi connectivity index (χ1v) is 7.60. The lowest BCUT2D eigenvalue weighted by Crippen LogP contribution is -2.44. The van der Waals surface area contributed by atoms with E-state index < -0.39 is 0 Å². The molecule has 18 heavy (non-hydrogen) atoms. The Labute approximate surface area is 113 Å². The molecule has 1 saturated heterocycles. The van der Waals surface area contributed by atoms with Crippen molar-refractivity contribution in [3.8, 4) is 0 Å². The van der Waals surface area contributed by atoms with Crippen molar-refractivity contribution < 1.29 is 4.79 Å². The molecule has 2 heterocycles. The van der Waals surface area contributed by atoms with Crippen LogP contribution in [0.2, 0.25) is 0 Å². The minimum absolute atomic E-state index is 0.231. The molecule has 1 aliphatic rings. The van der Waals surface area contributed by atoms with Gasteiger partial charge in [0, 0.05) is 19.6 Å². The van der Waals surface area contributed by atoms with Gasteiger partial charge in [-0.2, -0.15) is 11.3 Å². The van der Waals surface area contributed by atoms with E-state index in [1.54, 1.807) is 11.3 Å². The normalized spacial score (nSPS) is 20.9. The summed E-state index contributed by atoms with van der Waals surface area (Å²) in [5.74, 6) is 0.231. The van der Waals surface area contributed by atoms with E-state index in [0.717, 1.165) is 13.1 Å². The molecule has 4 heteroatoms. The third-order valence-electron chi connectivity index (χ3n) is 3.70.